The van der Waals surface area contributed by atoms with E-state index in [0.717, 1.165) is 11.3 Å². The zero-order valence-corrected chi connectivity index (χ0v) is 17.1. The number of hydrogen-bond donors (Lipinski definition) is 3. The summed E-state index contributed by atoms with van der Waals surface area (Å²) in [6, 6.07) is 10.7. The van der Waals surface area contributed by atoms with E-state index in [1.807, 2.05) is 6.07 Å². The highest BCUT2D eigenvalue weighted by molar-refractivity contribution is 6.00. The van der Waals surface area contributed by atoms with Crippen molar-refractivity contribution >= 4 is 17.7 Å². The fourth-order valence-corrected chi connectivity index (χ4v) is 3.83. The Bertz CT molecular complexity index is 1130. The first-order valence-electron chi connectivity index (χ1n) is 9.67. The van der Waals surface area contributed by atoms with Crippen LogP contribution in [0.4, 0.5) is 10.5 Å². The number of methoxy groups -OCH3 is 2. The van der Waals surface area contributed by atoms with Gasteiger partial charge in [-0.25, -0.2) is 14.6 Å². The Morgan fingerprint density at radius 3 is 2.74 bits per heavy atom. The summed E-state index contributed by atoms with van der Waals surface area (Å²) in [5.41, 5.74) is 2.61. The van der Waals surface area contributed by atoms with Gasteiger partial charge in [0.05, 0.1) is 37.5 Å². The molecule has 0 fully saturated rings. The number of carbonyl (C=O) groups is 2. The van der Waals surface area contributed by atoms with E-state index in [2.05, 4.69) is 15.3 Å². The molecule has 31 heavy (non-hydrogen) atoms. The van der Waals surface area contributed by atoms with Gasteiger partial charge in [0.25, 0.3) is 0 Å². The summed E-state index contributed by atoms with van der Waals surface area (Å²) < 4.78 is 10.9. The van der Waals surface area contributed by atoms with Gasteiger partial charge in [0, 0.05) is 24.2 Å². The van der Waals surface area contributed by atoms with Crippen molar-refractivity contribution in [2.24, 2.45) is 0 Å². The quantitative estimate of drug-likeness (QED) is 0.581. The molecule has 0 bridgehead atoms. The average Bonchev–Trinajstić information content (AvgIpc) is 3.27. The van der Waals surface area contributed by atoms with Gasteiger partial charge in [-0.3, -0.25) is 0 Å². The maximum absolute atomic E-state index is 13.3. The molecule has 160 valence electrons. The summed E-state index contributed by atoms with van der Waals surface area (Å²) in [5.74, 6) is 0.0931. The third-order valence-corrected chi connectivity index (χ3v) is 5.32. The lowest BCUT2D eigenvalue weighted by Crippen LogP contribution is -2.43. The lowest BCUT2D eigenvalue weighted by atomic mass is 9.95. The van der Waals surface area contributed by atoms with E-state index < -0.39 is 18.0 Å². The van der Waals surface area contributed by atoms with Crippen LogP contribution in [0.1, 0.15) is 33.4 Å². The molecule has 0 saturated heterocycles. The predicted molar refractivity (Wildman–Crippen MR) is 113 cm³/mol. The minimum Gasteiger partial charge on any atom is -0.497 e. The number of nitrogens with one attached hydrogen (secondary N) is 2. The first-order chi connectivity index (χ1) is 15.0. The number of para-hydroxylation sites is 1. The molecule has 3 N–H and O–H groups in total. The number of benzene rings is 2. The molecule has 0 saturated carbocycles. The number of carboxylic acids is 1. The van der Waals surface area contributed by atoms with Crippen molar-refractivity contribution < 1.29 is 24.2 Å². The Labute approximate surface area is 178 Å². The topological polar surface area (TPSA) is 117 Å². The summed E-state index contributed by atoms with van der Waals surface area (Å²) in [6.07, 6.45) is 2.19. The van der Waals surface area contributed by atoms with Gasteiger partial charge in [-0.1, -0.05) is 12.1 Å². The van der Waals surface area contributed by atoms with E-state index >= 15 is 0 Å². The number of rotatable bonds is 5. The number of carbonyl (C=O) groups excluding carboxylic acids is 1. The van der Waals surface area contributed by atoms with Crippen molar-refractivity contribution in [2.75, 3.05) is 26.1 Å². The normalized spacial score (nSPS) is 15.2. The molecule has 4 rings (SSSR count). The predicted octanol–water partition coefficient (Wildman–Crippen LogP) is 3.30. The van der Waals surface area contributed by atoms with Gasteiger partial charge in [-0.05, 0) is 30.3 Å². The third kappa shape index (κ3) is 3.77. The highest BCUT2D eigenvalue weighted by Gasteiger charge is 2.36. The molecule has 0 spiro atoms. The molecule has 0 radical (unpaired) electrons. The monoisotopic (exact) mass is 422 g/mol. The maximum atomic E-state index is 13.3. The zero-order chi connectivity index (χ0) is 22.0. The van der Waals surface area contributed by atoms with E-state index in [9.17, 15) is 14.7 Å². The number of anilines is 1. The Morgan fingerprint density at radius 2 is 2.00 bits per heavy atom. The van der Waals surface area contributed by atoms with Crippen LogP contribution in [0.5, 0.6) is 11.5 Å². The number of aromatic nitrogens is 2. The molecule has 9 nitrogen and oxygen atoms in total. The molecule has 0 aliphatic carbocycles. The van der Waals surface area contributed by atoms with E-state index in [0.29, 0.717) is 30.2 Å². The fraction of sp³-hybridized carbons (Fsp3) is 0.227. The van der Waals surface area contributed by atoms with Crippen LogP contribution in [0.15, 0.2) is 48.8 Å². The van der Waals surface area contributed by atoms with Gasteiger partial charge in [0.1, 0.15) is 17.5 Å². The summed E-state index contributed by atoms with van der Waals surface area (Å²) in [4.78, 5) is 34.1. The molecule has 2 aromatic carbocycles. The lowest BCUT2D eigenvalue weighted by molar-refractivity contribution is 0.0698. The number of ether oxygens (including phenoxy) is 2. The minimum absolute atomic E-state index is 0.0174. The summed E-state index contributed by atoms with van der Waals surface area (Å²) in [5, 5.41) is 12.2. The van der Waals surface area contributed by atoms with E-state index in [1.54, 1.807) is 55.8 Å². The highest BCUT2D eigenvalue weighted by Crippen LogP contribution is 2.40. The van der Waals surface area contributed by atoms with Gasteiger partial charge < -0.3 is 29.8 Å². The largest absolute Gasteiger partial charge is 0.497 e. The first-order valence-corrected chi connectivity index (χ1v) is 9.67. The van der Waals surface area contributed by atoms with E-state index in [-0.39, 0.29) is 11.3 Å². The molecular formula is C22H22N4O5. The van der Waals surface area contributed by atoms with E-state index in [4.69, 9.17) is 9.47 Å². The second-order valence-corrected chi connectivity index (χ2v) is 7.00. The molecule has 1 aliphatic rings. The SMILES string of the molecule is COc1ccc(OC)c(C2c3nc[nH]c3CCN2C(=O)Nc2ccccc2C(=O)O)c1. The molecular weight excluding hydrogens is 400 g/mol. The number of aromatic carboxylic acids is 1. The number of amides is 2. The minimum atomic E-state index is -1.12. The Morgan fingerprint density at radius 1 is 1.19 bits per heavy atom. The molecule has 1 atom stereocenters. The number of carboxylic acid groups (broad SMARTS) is 1. The smallest absolute Gasteiger partial charge is 0.337 e. The maximum Gasteiger partial charge on any atom is 0.337 e. The van der Waals surface area contributed by atoms with Crippen LogP contribution >= 0.6 is 0 Å². The number of imidazole rings is 1. The number of aromatic amines is 1. The van der Waals surface area contributed by atoms with Gasteiger partial charge in [0.2, 0.25) is 0 Å². The van der Waals surface area contributed by atoms with Gasteiger partial charge in [0.15, 0.2) is 0 Å². The van der Waals surface area contributed by atoms with E-state index in [1.165, 1.54) is 6.07 Å². The Hall–Kier alpha value is -4.01. The van der Waals surface area contributed by atoms with Crippen LogP contribution < -0.4 is 14.8 Å². The second-order valence-electron chi connectivity index (χ2n) is 7.00. The number of H-pyrrole nitrogens is 1. The average molecular weight is 422 g/mol. The number of fused-ring (bicyclic) bond motifs is 1. The molecule has 2 heterocycles. The highest BCUT2D eigenvalue weighted by atomic mass is 16.5. The zero-order valence-electron chi connectivity index (χ0n) is 17.1. The van der Waals surface area contributed by atoms with Crippen molar-refractivity contribution in [3.8, 4) is 11.5 Å². The summed E-state index contributed by atoms with van der Waals surface area (Å²) in [6.45, 7) is 0.404. The summed E-state index contributed by atoms with van der Waals surface area (Å²) >= 11 is 0. The standard InChI is InChI=1S/C22H22N4O5/c1-30-13-7-8-18(31-2)15(11-13)20-19-17(23-12-24-19)9-10-26(20)22(29)25-16-6-4-3-5-14(16)21(27)28/h3-8,11-12,20H,9-10H2,1-2H3,(H,23,24)(H,25,29)(H,27,28). The molecule has 1 aromatic heterocycles. The Balaban J connectivity index is 1.76. The number of nitrogens with zero attached hydrogens (tertiary/aromatic N) is 2. The van der Waals surface area contributed by atoms with Crippen molar-refractivity contribution in [3.05, 3.63) is 71.3 Å². The van der Waals surface area contributed by atoms with Crippen LogP contribution in [0.3, 0.4) is 0 Å². The van der Waals surface area contributed by atoms with Gasteiger partial charge in [-0.15, -0.1) is 0 Å². The Kier molecular flexibility index (Phi) is 5.48. The fourth-order valence-electron chi connectivity index (χ4n) is 3.83. The van der Waals surface area contributed by atoms with Crippen LogP contribution in [-0.2, 0) is 6.42 Å². The summed E-state index contributed by atoms with van der Waals surface area (Å²) in [7, 11) is 3.13. The molecule has 3 aromatic rings. The van der Waals surface area contributed by atoms with Crippen LogP contribution in [0.25, 0.3) is 0 Å². The van der Waals surface area contributed by atoms with Crippen molar-refractivity contribution in [1.82, 2.24) is 14.9 Å². The van der Waals surface area contributed by atoms with Crippen molar-refractivity contribution in [2.45, 2.75) is 12.5 Å². The van der Waals surface area contributed by atoms with Crippen LogP contribution in [-0.4, -0.2) is 52.7 Å². The van der Waals surface area contributed by atoms with Crippen LogP contribution in [0, 0.1) is 0 Å². The second kappa shape index (κ2) is 8.39. The van der Waals surface area contributed by atoms with Crippen molar-refractivity contribution in [3.63, 3.8) is 0 Å². The first kappa shape index (κ1) is 20.3. The van der Waals surface area contributed by atoms with Crippen LogP contribution in [0.2, 0.25) is 0 Å². The van der Waals surface area contributed by atoms with Crippen molar-refractivity contribution in [1.29, 1.82) is 0 Å². The number of urea groups is 1. The molecule has 1 unspecified atom stereocenters. The lowest BCUT2D eigenvalue weighted by Gasteiger charge is -2.36. The molecule has 9 heteroatoms. The van der Waals surface area contributed by atoms with Gasteiger partial charge in [-0.2, -0.15) is 0 Å². The third-order valence-electron chi connectivity index (χ3n) is 5.32. The molecule has 1 aliphatic heterocycles. The molecule has 2 amide bonds. The number of hydrogen-bond acceptors (Lipinski definition) is 5. The van der Waals surface area contributed by atoms with Gasteiger partial charge >= 0.3 is 12.0 Å².